The van der Waals surface area contributed by atoms with Gasteiger partial charge in [0, 0.05) is 29.3 Å². The highest BCUT2D eigenvalue weighted by molar-refractivity contribution is 7.80. The van der Waals surface area contributed by atoms with Crippen molar-refractivity contribution in [3.05, 3.63) is 36.0 Å². The van der Waals surface area contributed by atoms with E-state index in [1.807, 2.05) is 0 Å². The molecule has 13 N–H and O–H groups in total. The van der Waals surface area contributed by atoms with E-state index in [1.54, 1.807) is 44.3 Å². The van der Waals surface area contributed by atoms with Crippen LogP contribution in [0.2, 0.25) is 0 Å². The van der Waals surface area contributed by atoms with E-state index in [2.05, 4.69) is 54.8 Å². The number of carboxylic acids is 2. The number of nitrogens with one attached hydrogen (secondary N) is 8. The number of H-pyrrole nitrogens is 1. The van der Waals surface area contributed by atoms with Crippen LogP contribution in [0.5, 0.6) is 0 Å². The van der Waals surface area contributed by atoms with Crippen molar-refractivity contribution in [2.45, 2.75) is 114 Å². The lowest BCUT2D eigenvalue weighted by Gasteiger charge is -2.28. The van der Waals surface area contributed by atoms with Crippen LogP contribution in [0.15, 0.2) is 30.5 Å². The van der Waals surface area contributed by atoms with Crippen LogP contribution in [0.3, 0.4) is 0 Å². The molecule has 0 bridgehead atoms. The average molecular weight is 848 g/mol. The Morgan fingerprint density at radius 2 is 1.41 bits per heavy atom. The highest BCUT2D eigenvalue weighted by atomic mass is 32.1. The fourth-order valence-electron chi connectivity index (χ4n) is 6.48. The maximum Gasteiger partial charge on any atom is 0.326 e. The van der Waals surface area contributed by atoms with Crippen LogP contribution in [-0.4, -0.2) is 135 Å². The monoisotopic (exact) mass is 847 g/mol. The van der Waals surface area contributed by atoms with E-state index in [0.717, 1.165) is 24.2 Å². The number of rotatable bonds is 24. The molecule has 20 nitrogen and oxygen atoms in total. The Kier molecular flexibility index (Phi) is 19.1. The Labute approximate surface area is 346 Å². The molecule has 1 fully saturated rings. The smallest absolute Gasteiger partial charge is 0.326 e. The number of benzene rings is 1. The summed E-state index contributed by atoms with van der Waals surface area (Å²) in [7, 11) is 0. The zero-order valence-electron chi connectivity index (χ0n) is 33.3. The van der Waals surface area contributed by atoms with Crippen molar-refractivity contribution in [1.29, 1.82) is 0 Å². The molecule has 3 rings (SSSR count). The zero-order valence-corrected chi connectivity index (χ0v) is 34.2. The number of carbonyl (C=O) groups is 8. The van der Waals surface area contributed by atoms with E-state index in [9.17, 15) is 53.7 Å². The van der Waals surface area contributed by atoms with Crippen LogP contribution < -0.4 is 43.0 Å². The fourth-order valence-corrected chi connectivity index (χ4v) is 6.74. The summed E-state index contributed by atoms with van der Waals surface area (Å²) < 4.78 is 0. The summed E-state index contributed by atoms with van der Waals surface area (Å²) in [6.45, 7) is 5.24. The van der Waals surface area contributed by atoms with Crippen LogP contribution in [0.1, 0.15) is 64.9 Å². The van der Waals surface area contributed by atoms with E-state index in [0.29, 0.717) is 31.4 Å². The number of aliphatic hydroxyl groups excluding tert-OH is 1. The standard InChI is InChI=1S/C38H57N9O11S/c1-19(2)30(38(57)58)46-34(53)26(15-21-17-41-23-10-5-4-9-22(21)23)44-37(56)31(20(3)48)47-35(54)27(16-29(49)50)43-33(52)25(11-6-7-13-39)42-36(55)28(18-59)45-32(51)24-12-8-14-40-24/h4-5,9-10,17,19-20,24-28,30-31,40-41,48,59H,6-8,11-16,18,39H2,1-3H3,(H,42,55)(H,43,52)(H,44,56)(H,45,51)(H,46,53)(H,47,54)(H,49,50)(H,57,58)/t20-,24+,25+,26+,27+,28+,30+,31+/m1/s1. The number of aromatic nitrogens is 1. The van der Waals surface area contributed by atoms with Gasteiger partial charge in [0.2, 0.25) is 35.4 Å². The van der Waals surface area contributed by atoms with Gasteiger partial charge in [0.25, 0.3) is 0 Å². The molecule has 2 aromatic rings. The predicted octanol–water partition coefficient (Wildman–Crippen LogP) is -1.97. The molecule has 8 atom stereocenters. The molecule has 0 spiro atoms. The van der Waals surface area contributed by atoms with Gasteiger partial charge in [-0.15, -0.1) is 0 Å². The molecule has 1 aliphatic heterocycles. The van der Waals surface area contributed by atoms with E-state index >= 15 is 0 Å². The minimum absolute atomic E-state index is 0.0196. The summed E-state index contributed by atoms with van der Waals surface area (Å²) in [6, 6.07) is -2.19. The summed E-state index contributed by atoms with van der Waals surface area (Å²) in [5.74, 6) is -8.73. The molecule has 0 unspecified atom stereocenters. The molecule has 0 saturated carbocycles. The molecular weight excluding hydrogens is 791 g/mol. The second kappa shape index (κ2) is 23.4. The first-order valence-corrected chi connectivity index (χ1v) is 20.1. The first-order valence-electron chi connectivity index (χ1n) is 19.5. The molecule has 1 aliphatic rings. The lowest BCUT2D eigenvalue weighted by molar-refractivity contribution is -0.143. The van der Waals surface area contributed by atoms with Crippen molar-refractivity contribution in [1.82, 2.24) is 42.2 Å². The first-order chi connectivity index (χ1) is 28.0. The SMILES string of the molecule is CC(C)[C@H](NC(=O)[C@H](Cc1c[nH]c2ccccc12)NC(=O)[C@@H](NC(=O)[C@H](CC(=O)O)NC(=O)[C@H](CCCCN)NC(=O)[C@H](CS)NC(=O)[C@@H]1CCCN1)[C@@H](C)O)C(=O)O. The molecule has 1 saturated heterocycles. The first kappa shape index (κ1) is 48.1. The number of hydrogen-bond donors (Lipinski definition) is 13. The third-order valence-corrected chi connectivity index (χ3v) is 10.2. The summed E-state index contributed by atoms with van der Waals surface area (Å²) >= 11 is 4.18. The summed E-state index contributed by atoms with van der Waals surface area (Å²) in [4.78, 5) is 108. The zero-order chi connectivity index (χ0) is 43.8. The molecule has 59 heavy (non-hydrogen) atoms. The van der Waals surface area contributed by atoms with Gasteiger partial charge in [-0.2, -0.15) is 12.6 Å². The highest BCUT2D eigenvalue weighted by Gasteiger charge is 2.36. The van der Waals surface area contributed by atoms with Crippen molar-refractivity contribution in [2.24, 2.45) is 11.7 Å². The van der Waals surface area contributed by atoms with Crippen LogP contribution in [-0.2, 0) is 44.8 Å². The van der Waals surface area contributed by atoms with Gasteiger partial charge in [-0.3, -0.25) is 33.6 Å². The van der Waals surface area contributed by atoms with Crippen molar-refractivity contribution in [2.75, 3.05) is 18.8 Å². The number of aliphatic carboxylic acids is 2. The Bertz CT molecular complexity index is 1800. The van der Waals surface area contributed by atoms with Gasteiger partial charge < -0.3 is 63.3 Å². The Morgan fingerprint density at radius 3 is 2.00 bits per heavy atom. The number of aromatic amines is 1. The van der Waals surface area contributed by atoms with E-state index in [-0.39, 0.29) is 25.1 Å². The summed E-state index contributed by atoms with van der Waals surface area (Å²) in [5, 5.41) is 48.5. The number of carboxylic acid groups (broad SMARTS) is 2. The van der Waals surface area contributed by atoms with Gasteiger partial charge in [-0.1, -0.05) is 32.0 Å². The number of aliphatic hydroxyl groups is 1. The average Bonchev–Trinajstić information content (AvgIpc) is 3.87. The minimum atomic E-state index is -1.83. The van der Waals surface area contributed by atoms with E-state index in [1.165, 1.54) is 0 Å². The summed E-state index contributed by atoms with van der Waals surface area (Å²) in [5.41, 5.74) is 6.94. The van der Waals surface area contributed by atoms with E-state index < -0.39 is 108 Å². The number of carbonyl (C=O) groups excluding carboxylic acids is 6. The molecule has 1 aromatic carbocycles. The molecule has 1 aromatic heterocycles. The molecule has 326 valence electrons. The van der Waals surface area contributed by atoms with Crippen molar-refractivity contribution in [3.63, 3.8) is 0 Å². The number of para-hydroxylation sites is 1. The van der Waals surface area contributed by atoms with E-state index in [4.69, 9.17) is 5.73 Å². The number of fused-ring (bicyclic) bond motifs is 1. The lowest BCUT2D eigenvalue weighted by atomic mass is 10.0. The van der Waals surface area contributed by atoms with Crippen molar-refractivity contribution < 1.29 is 53.7 Å². The molecule has 0 radical (unpaired) electrons. The quantitative estimate of drug-likeness (QED) is 0.0403. The Balaban J connectivity index is 1.82. The lowest BCUT2D eigenvalue weighted by Crippen LogP contribution is -2.62. The van der Waals surface area contributed by atoms with Crippen LogP contribution in [0.4, 0.5) is 0 Å². The molecule has 6 amide bonds. The van der Waals surface area contributed by atoms with Gasteiger partial charge in [-0.25, -0.2) is 4.79 Å². The van der Waals surface area contributed by atoms with Crippen molar-refractivity contribution in [3.8, 4) is 0 Å². The number of thiol groups is 1. The van der Waals surface area contributed by atoms with Crippen LogP contribution in [0, 0.1) is 5.92 Å². The maximum absolute atomic E-state index is 13.8. The topological polar surface area (TPSA) is 323 Å². The second-order valence-corrected chi connectivity index (χ2v) is 15.2. The molecule has 0 aliphatic carbocycles. The number of unbranched alkanes of at least 4 members (excludes halogenated alkanes) is 1. The normalized spacial score (nSPS) is 17.4. The fraction of sp³-hybridized carbons (Fsp3) is 0.579. The predicted molar refractivity (Wildman–Crippen MR) is 218 cm³/mol. The third kappa shape index (κ3) is 14.5. The van der Waals surface area contributed by atoms with Gasteiger partial charge in [-0.05, 0) is 69.7 Å². The van der Waals surface area contributed by atoms with Gasteiger partial charge in [0.05, 0.1) is 18.6 Å². The molecular formula is C38H57N9O11S. The third-order valence-electron chi connectivity index (χ3n) is 9.81. The summed E-state index contributed by atoms with van der Waals surface area (Å²) in [6.07, 6.45) is 1.05. The van der Waals surface area contributed by atoms with Crippen molar-refractivity contribution >= 4 is 70.9 Å². The Morgan fingerprint density at radius 1 is 0.797 bits per heavy atom. The number of nitrogens with two attached hydrogens (primary N) is 1. The number of amides is 6. The maximum atomic E-state index is 13.8. The minimum Gasteiger partial charge on any atom is -0.481 e. The van der Waals surface area contributed by atoms with Gasteiger partial charge in [0.15, 0.2) is 0 Å². The second-order valence-electron chi connectivity index (χ2n) is 14.8. The highest BCUT2D eigenvalue weighted by Crippen LogP contribution is 2.20. The van der Waals surface area contributed by atoms with Crippen LogP contribution in [0.25, 0.3) is 10.9 Å². The largest absolute Gasteiger partial charge is 0.481 e. The van der Waals surface area contributed by atoms with Gasteiger partial charge >= 0.3 is 11.9 Å². The van der Waals surface area contributed by atoms with Crippen LogP contribution >= 0.6 is 12.6 Å². The van der Waals surface area contributed by atoms with Gasteiger partial charge in [0.1, 0.15) is 36.3 Å². The Hall–Kier alpha value is -5.25. The number of hydrogen-bond acceptors (Lipinski definition) is 12. The molecule has 21 heteroatoms. The molecule has 2 heterocycles.